The van der Waals surface area contributed by atoms with Crippen molar-refractivity contribution in [2.45, 2.75) is 26.8 Å². The molecule has 0 spiro atoms. The van der Waals surface area contributed by atoms with Crippen molar-refractivity contribution >= 4 is 17.8 Å². The highest BCUT2D eigenvalue weighted by molar-refractivity contribution is 6.02. The Morgan fingerprint density at radius 3 is 1.69 bits per heavy atom. The molecule has 92 valence electrons. The first-order valence-electron chi connectivity index (χ1n) is 5.02. The van der Waals surface area contributed by atoms with E-state index in [0.717, 1.165) is 4.90 Å². The van der Waals surface area contributed by atoms with Crippen molar-refractivity contribution in [3.8, 4) is 0 Å². The summed E-state index contributed by atoms with van der Waals surface area (Å²) in [7, 11) is 1.35. The summed E-state index contributed by atoms with van der Waals surface area (Å²) in [5.41, 5.74) is 0. The summed E-state index contributed by atoms with van der Waals surface area (Å²) in [5, 5.41) is 0. The number of likely N-dealkylation sites (N-methyl/N-ethyl adjacent to an activating group) is 1. The van der Waals surface area contributed by atoms with Gasteiger partial charge in [-0.2, -0.15) is 0 Å². The van der Waals surface area contributed by atoms with E-state index >= 15 is 0 Å². The highest BCUT2D eigenvalue weighted by atomic mass is 16.6. The molecule has 0 aromatic carbocycles. The molecule has 0 bridgehead atoms. The summed E-state index contributed by atoms with van der Waals surface area (Å²) < 4.78 is 9.42. The quantitative estimate of drug-likeness (QED) is 0.490. The fraction of sp³-hybridized carbons (Fsp3) is 0.700. The molecule has 0 saturated carbocycles. The summed E-state index contributed by atoms with van der Waals surface area (Å²) >= 11 is 0. The zero-order valence-corrected chi connectivity index (χ0v) is 9.98. The maximum Gasteiger partial charge on any atom is 0.340 e. The van der Waals surface area contributed by atoms with E-state index < -0.39 is 23.9 Å². The lowest BCUT2D eigenvalue weighted by atomic mass is 10.2. The first-order chi connectivity index (χ1) is 7.45. The van der Waals surface area contributed by atoms with Gasteiger partial charge in [-0.25, -0.2) is 9.59 Å². The number of nitrogens with zero attached hydrogens (tertiary/aromatic N) is 1. The first-order valence-corrected chi connectivity index (χ1v) is 5.02. The third kappa shape index (κ3) is 3.88. The molecule has 0 rings (SSSR count). The van der Waals surface area contributed by atoms with Gasteiger partial charge in [0.25, 0.3) is 0 Å². The van der Waals surface area contributed by atoms with E-state index in [1.807, 2.05) is 0 Å². The summed E-state index contributed by atoms with van der Waals surface area (Å²) in [4.78, 5) is 35.1. The SMILES string of the molecule is CCOC(=O)C(C(=O)OCC)N(C)C(C)=O. The van der Waals surface area contributed by atoms with Gasteiger partial charge < -0.3 is 14.4 Å². The molecular formula is C10H17NO5. The molecule has 0 heterocycles. The molecule has 0 aromatic heterocycles. The third-order valence-electron chi connectivity index (χ3n) is 1.90. The van der Waals surface area contributed by atoms with E-state index in [4.69, 9.17) is 9.47 Å². The molecule has 0 radical (unpaired) electrons. The van der Waals surface area contributed by atoms with Crippen molar-refractivity contribution in [2.24, 2.45) is 0 Å². The van der Waals surface area contributed by atoms with Crippen LogP contribution in [0, 0.1) is 0 Å². The molecule has 0 N–H and O–H groups in total. The lowest BCUT2D eigenvalue weighted by molar-refractivity contribution is -0.166. The topological polar surface area (TPSA) is 72.9 Å². The Kier molecular flexibility index (Phi) is 6.14. The lowest BCUT2D eigenvalue weighted by Gasteiger charge is -2.23. The smallest absolute Gasteiger partial charge is 0.340 e. The largest absolute Gasteiger partial charge is 0.464 e. The number of rotatable bonds is 5. The lowest BCUT2D eigenvalue weighted by Crippen LogP contribution is -2.48. The van der Waals surface area contributed by atoms with E-state index in [1.54, 1.807) is 13.8 Å². The minimum absolute atomic E-state index is 0.139. The van der Waals surface area contributed by atoms with Crippen molar-refractivity contribution in [3.05, 3.63) is 0 Å². The zero-order valence-electron chi connectivity index (χ0n) is 9.98. The first kappa shape index (κ1) is 14.4. The molecule has 6 heteroatoms. The van der Waals surface area contributed by atoms with E-state index in [2.05, 4.69) is 0 Å². The van der Waals surface area contributed by atoms with Crippen molar-refractivity contribution < 1.29 is 23.9 Å². The van der Waals surface area contributed by atoms with Crippen LogP contribution in [0.3, 0.4) is 0 Å². The van der Waals surface area contributed by atoms with Crippen LogP contribution in [0.4, 0.5) is 0 Å². The van der Waals surface area contributed by atoms with Crippen LogP contribution in [0.25, 0.3) is 0 Å². The predicted octanol–water partition coefficient (Wildman–Crippen LogP) is -0.0405. The molecule has 0 unspecified atom stereocenters. The molecule has 0 saturated heterocycles. The van der Waals surface area contributed by atoms with Gasteiger partial charge in [-0.3, -0.25) is 4.79 Å². The van der Waals surface area contributed by atoms with Gasteiger partial charge in [0.15, 0.2) is 0 Å². The van der Waals surface area contributed by atoms with Crippen LogP contribution in [-0.2, 0) is 23.9 Å². The van der Waals surface area contributed by atoms with Crippen LogP contribution in [0.5, 0.6) is 0 Å². The molecule has 0 aliphatic heterocycles. The van der Waals surface area contributed by atoms with Crippen molar-refractivity contribution in [3.63, 3.8) is 0 Å². The number of carbonyl (C=O) groups excluding carboxylic acids is 3. The second kappa shape index (κ2) is 6.81. The highest BCUT2D eigenvalue weighted by Gasteiger charge is 2.34. The van der Waals surface area contributed by atoms with Crippen LogP contribution in [0.2, 0.25) is 0 Å². The van der Waals surface area contributed by atoms with Gasteiger partial charge in [0.05, 0.1) is 13.2 Å². The average molecular weight is 231 g/mol. The van der Waals surface area contributed by atoms with Crippen LogP contribution in [0.1, 0.15) is 20.8 Å². The minimum atomic E-state index is -1.32. The van der Waals surface area contributed by atoms with Gasteiger partial charge in [-0.15, -0.1) is 0 Å². The Morgan fingerprint density at radius 1 is 1.06 bits per heavy atom. The van der Waals surface area contributed by atoms with Crippen LogP contribution in [-0.4, -0.2) is 49.0 Å². The Bertz CT molecular complexity index is 258. The average Bonchev–Trinajstić information content (AvgIpc) is 2.18. The number of carbonyl (C=O) groups is 3. The van der Waals surface area contributed by atoms with Crippen molar-refractivity contribution in [1.29, 1.82) is 0 Å². The van der Waals surface area contributed by atoms with Gasteiger partial charge >= 0.3 is 11.9 Å². The molecule has 1 amide bonds. The van der Waals surface area contributed by atoms with Gasteiger partial charge in [0, 0.05) is 14.0 Å². The second-order valence-electron chi connectivity index (χ2n) is 3.04. The molecule has 16 heavy (non-hydrogen) atoms. The number of esters is 2. The van der Waals surface area contributed by atoms with Gasteiger partial charge in [-0.05, 0) is 13.8 Å². The van der Waals surface area contributed by atoms with E-state index in [1.165, 1.54) is 14.0 Å². The fourth-order valence-electron chi connectivity index (χ4n) is 1.04. The molecule has 0 aliphatic carbocycles. The standard InChI is InChI=1S/C10H17NO5/c1-5-15-9(13)8(10(14)16-6-2)11(4)7(3)12/h8H,5-6H2,1-4H3. The normalized spacial score (nSPS) is 9.81. The molecule has 0 atom stereocenters. The number of hydrogen-bond donors (Lipinski definition) is 0. The van der Waals surface area contributed by atoms with Gasteiger partial charge in [0.1, 0.15) is 0 Å². The minimum Gasteiger partial charge on any atom is -0.464 e. The maximum atomic E-state index is 11.5. The van der Waals surface area contributed by atoms with Crippen LogP contribution < -0.4 is 0 Å². The summed E-state index contributed by atoms with van der Waals surface area (Å²) in [6, 6.07) is -1.32. The third-order valence-corrected chi connectivity index (χ3v) is 1.90. The Hall–Kier alpha value is -1.59. The van der Waals surface area contributed by atoms with Crippen molar-refractivity contribution in [1.82, 2.24) is 4.90 Å². The summed E-state index contributed by atoms with van der Waals surface area (Å²) in [5.74, 6) is -1.97. The summed E-state index contributed by atoms with van der Waals surface area (Å²) in [6.07, 6.45) is 0. The van der Waals surface area contributed by atoms with E-state index in [0.29, 0.717) is 0 Å². The number of ether oxygens (including phenoxy) is 2. The predicted molar refractivity (Wildman–Crippen MR) is 55.5 cm³/mol. The summed E-state index contributed by atoms with van der Waals surface area (Å²) in [6.45, 7) is 4.77. The van der Waals surface area contributed by atoms with Gasteiger partial charge in [-0.1, -0.05) is 0 Å². The van der Waals surface area contributed by atoms with Gasteiger partial charge in [0.2, 0.25) is 11.9 Å². The van der Waals surface area contributed by atoms with Crippen molar-refractivity contribution in [2.75, 3.05) is 20.3 Å². The second-order valence-corrected chi connectivity index (χ2v) is 3.04. The van der Waals surface area contributed by atoms with Crippen LogP contribution in [0.15, 0.2) is 0 Å². The molecule has 6 nitrogen and oxygen atoms in total. The Balaban J connectivity index is 4.82. The molecule has 0 aromatic rings. The fourth-order valence-corrected chi connectivity index (χ4v) is 1.04. The molecule has 0 fully saturated rings. The van der Waals surface area contributed by atoms with Crippen LogP contribution >= 0.6 is 0 Å². The molecular weight excluding hydrogens is 214 g/mol. The Morgan fingerprint density at radius 2 is 1.44 bits per heavy atom. The zero-order chi connectivity index (χ0) is 12.7. The Labute approximate surface area is 94.5 Å². The maximum absolute atomic E-state index is 11.5. The van der Waals surface area contributed by atoms with E-state index in [-0.39, 0.29) is 13.2 Å². The monoisotopic (exact) mass is 231 g/mol. The highest BCUT2D eigenvalue weighted by Crippen LogP contribution is 2.03. The number of amides is 1. The number of hydrogen-bond acceptors (Lipinski definition) is 5. The molecule has 0 aliphatic rings. The van der Waals surface area contributed by atoms with E-state index in [9.17, 15) is 14.4 Å².